The Morgan fingerprint density at radius 3 is 2.76 bits per heavy atom. The number of aromatic nitrogens is 2. The molecular weight excluding hydrogens is 344 g/mol. The number of carbonyl (C=O) groups excluding carboxylic acids is 1. The number of furan rings is 1. The molecule has 126 valence electrons. The number of hydrogen-bond donors (Lipinski definition) is 1. The third-order valence-electron chi connectivity index (χ3n) is 3.11. The number of nitro groups is 1. The molecule has 3 aromatic rings. The second-order valence-electron chi connectivity index (χ2n) is 4.88. The second-order valence-corrected chi connectivity index (χ2v) is 5.87. The van der Waals surface area contributed by atoms with Crippen molar-refractivity contribution in [2.24, 2.45) is 0 Å². The van der Waals surface area contributed by atoms with Gasteiger partial charge in [0, 0.05) is 17.8 Å². The van der Waals surface area contributed by atoms with Crippen LogP contribution in [-0.2, 0) is 4.79 Å². The molecule has 0 radical (unpaired) electrons. The van der Waals surface area contributed by atoms with Crippen molar-refractivity contribution in [3.05, 3.63) is 64.9 Å². The quantitative estimate of drug-likeness (QED) is 0.409. The van der Waals surface area contributed by atoms with Gasteiger partial charge in [0.2, 0.25) is 5.91 Å². The van der Waals surface area contributed by atoms with Crippen LogP contribution in [0.3, 0.4) is 0 Å². The Morgan fingerprint density at radius 2 is 2.08 bits per heavy atom. The van der Waals surface area contributed by atoms with E-state index in [0.717, 1.165) is 0 Å². The van der Waals surface area contributed by atoms with Gasteiger partial charge in [0.25, 0.3) is 5.69 Å². The Bertz CT molecular complexity index is 881. The first-order valence-corrected chi connectivity index (χ1v) is 8.15. The molecule has 0 bridgehead atoms. The molecule has 0 atom stereocenters. The maximum absolute atomic E-state index is 12.0. The van der Waals surface area contributed by atoms with Gasteiger partial charge < -0.3 is 9.73 Å². The molecule has 3 rings (SSSR count). The molecule has 0 aliphatic heterocycles. The van der Waals surface area contributed by atoms with Crippen molar-refractivity contribution >= 4 is 29.0 Å². The van der Waals surface area contributed by atoms with Crippen molar-refractivity contribution in [1.82, 2.24) is 10.2 Å². The molecule has 2 aromatic heterocycles. The van der Waals surface area contributed by atoms with Crippen molar-refractivity contribution in [3.8, 4) is 11.5 Å². The number of nitro benzene ring substituents is 1. The summed E-state index contributed by atoms with van der Waals surface area (Å²) in [6.45, 7) is 0. The Hall–Kier alpha value is -3.20. The lowest BCUT2D eigenvalue weighted by atomic mass is 10.3. The van der Waals surface area contributed by atoms with Gasteiger partial charge in [-0.25, -0.2) is 0 Å². The molecule has 0 saturated carbocycles. The monoisotopic (exact) mass is 356 g/mol. The molecule has 0 fully saturated rings. The average molecular weight is 356 g/mol. The van der Waals surface area contributed by atoms with Crippen LogP contribution in [0.2, 0.25) is 0 Å². The van der Waals surface area contributed by atoms with Gasteiger partial charge in [0.05, 0.1) is 16.9 Å². The highest BCUT2D eigenvalue weighted by Gasteiger charge is 2.10. The van der Waals surface area contributed by atoms with Gasteiger partial charge in [0.1, 0.15) is 10.7 Å². The normalized spacial score (nSPS) is 10.4. The number of nitrogens with zero attached hydrogens (tertiary/aromatic N) is 3. The van der Waals surface area contributed by atoms with E-state index in [9.17, 15) is 14.9 Å². The minimum atomic E-state index is -0.513. The summed E-state index contributed by atoms with van der Waals surface area (Å²) in [4.78, 5) is 22.2. The van der Waals surface area contributed by atoms with Crippen molar-refractivity contribution in [3.63, 3.8) is 0 Å². The molecule has 1 aromatic carbocycles. The third-order valence-corrected chi connectivity index (χ3v) is 4.03. The molecule has 0 spiro atoms. The molecule has 0 aliphatic rings. The van der Waals surface area contributed by atoms with Crippen LogP contribution in [0.4, 0.5) is 11.4 Å². The highest BCUT2D eigenvalue weighted by Crippen LogP contribution is 2.21. The smallest absolute Gasteiger partial charge is 0.271 e. The van der Waals surface area contributed by atoms with E-state index in [2.05, 4.69) is 15.5 Å². The molecule has 2 heterocycles. The van der Waals surface area contributed by atoms with Gasteiger partial charge in [-0.15, -0.1) is 10.2 Å². The van der Waals surface area contributed by atoms with Crippen LogP contribution in [0.15, 0.2) is 64.2 Å². The number of thioether (sulfide) groups is 1. The van der Waals surface area contributed by atoms with E-state index in [1.807, 2.05) is 0 Å². The lowest BCUT2D eigenvalue weighted by Gasteiger charge is -2.04. The van der Waals surface area contributed by atoms with Crippen LogP contribution >= 0.6 is 11.8 Å². The molecule has 0 saturated heterocycles. The molecular formula is C16H12N4O4S. The molecule has 1 N–H and O–H groups in total. The predicted molar refractivity (Wildman–Crippen MR) is 92.2 cm³/mol. The molecule has 1 amide bonds. The molecule has 25 heavy (non-hydrogen) atoms. The van der Waals surface area contributed by atoms with E-state index in [4.69, 9.17) is 4.42 Å². The first-order valence-electron chi connectivity index (χ1n) is 7.16. The SMILES string of the molecule is O=C(CSc1ccc(-c2ccco2)nn1)Nc1cccc([N+](=O)[O-])c1. The third kappa shape index (κ3) is 4.42. The van der Waals surface area contributed by atoms with E-state index < -0.39 is 4.92 Å². The summed E-state index contributed by atoms with van der Waals surface area (Å²) < 4.78 is 5.23. The fourth-order valence-electron chi connectivity index (χ4n) is 1.99. The number of carbonyl (C=O) groups is 1. The lowest BCUT2D eigenvalue weighted by molar-refractivity contribution is -0.384. The fraction of sp³-hybridized carbons (Fsp3) is 0.0625. The predicted octanol–water partition coefficient (Wildman–Crippen LogP) is 3.38. The van der Waals surface area contributed by atoms with E-state index in [0.29, 0.717) is 22.2 Å². The van der Waals surface area contributed by atoms with Crippen molar-refractivity contribution in [2.45, 2.75) is 5.03 Å². The zero-order valence-electron chi connectivity index (χ0n) is 12.8. The summed E-state index contributed by atoms with van der Waals surface area (Å²) in [5.74, 6) is 0.437. The molecule has 8 nitrogen and oxygen atoms in total. The van der Waals surface area contributed by atoms with Gasteiger partial charge in [-0.3, -0.25) is 14.9 Å². The lowest BCUT2D eigenvalue weighted by Crippen LogP contribution is -2.14. The number of rotatable bonds is 6. The van der Waals surface area contributed by atoms with Crippen LogP contribution in [0.5, 0.6) is 0 Å². The Labute approximate surface area is 146 Å². The Kier molecular flexibility index (Phi) is 5.05. The molecule has 0 aliphatic carbocycles. The van der Waals surface area contributed by atoms with Gasteiger partial charge in [0.15, 0.2) is 5.76 Å². The highest BCUT2D eigenvalue weighted by atomic mass is 32.2. The first kappa shape index (κ1) is 16.7. The number of amides is 1. The van der Waals surface area contributed by atoms with Crippen molar-refractivity contribution in [2.75, 3.05) is 11.1 Å². The van der Waals surface area contributed by atoms with E-state index in [-0.39, 0.29) is 17.3 Å². The van der Waals surface area contributed by atoms with Gasteiger partial charge in [-0.1, -0.05) is 17.8 Å². The minimum absolute atomic E-state index is 0.0789. The molecule has 0 unspecified atom stereocenters. The maximum Gasteiger partial charge on any atom is 0.271 e. The fourth-order valence-corrected chi connectivity index (χ4v) is 2.60. The number of anilines is 1. The van der Waals surface area contributed by atoms with Crippen LogP contribution in [0.25, 0.3) is 11.5 Å². The van der Waals surface area contributed by atoms with E-state index >= 15 is 0 Å². The number of benzene rings is 1. The summed E-state index contributed by atoms with van der Waals surface area (Å²) in [5.41, 5.74) is 0.902. The highest BCUT2D eigenvalue weighted by molar-refractivity contribution is 7.99. The average Bonchev–Trinajstić information content (AvgIpc) is 3.15. The van der Waals surface area contributed by atoms with Crippen LogP contribution in [0.1, 0.15) is 0 Å². The van der Waals surface area contributed by atoms with Gasteiger partial charge in [-0.05, 0) is 30.3 Å². The Morgan fingerprint density at radius 1 is 1.20 bits per heavy atom. The topological polar surface area (TPSA) is 111 Å². The van der Waals surface area contributed by atoms with Crippen molar-refractivity contribution in [1.29, 1.82) is 0 Å². The zero-order valence-corrected chi connectivity index (χ0v) is 13.6. The van der Waals surface area contributed by atoms with E-state index in [1.165, 1.54) is 30.0 Å². The summed E-state index contributed by atoms with van der Waals surface area (Å²) >= 11 is 1.21. The van der Waals surface area contributed by atoms with Crippen molar-refractivity contribution < 1.29 is 14.1 Å². The maximum atomic E-state index is 12.0. The summed E-state index contributed by atoms with van der Waals surface area (Å²) in [7, 11) is 0. The van der Waals surface area contributed by atoms with Crippen LogP contribution in [0, 0.1) is 10.1 Å². The minimum Gasteiger partial charge on any atom is -0.463 e. The molecule has 9 heteroatoms. The number of hydrogen-bond acceptors (Lipinski definition) is 7. The van der Waals surface area contributed by atoms with Crippen LogP contribution < -0.4 is 5.32 Å². The van der Waals surface area contributed by atoms with Crippen LogP contribution in [-0.4, -0.2) is 26.8 Å². The Balaban J connectivity index is 1.55. The largest absolute Gasteiger partial charge is 0.463 e. The van der Waals surface area contributed by atoms with Gasteiger partial charge in [-0.2, -0.15) is 0 Å². The zero-order chi connectivity index (χ0) is 17.6. The summed E-state index contributed by atoms with van der Waals surface area (Å²) in [5, 5.41) is 22.0. The second kappa shape index (κ2) is 7.58. The first-order chi connectivity index (χ1) is 12.1. The number of nitrogens with one attached hydrogen (secondary N) is 1. The summed E-state index contributed by atoms with van der Waals surface area (Å²) in [6, 6.07) is 12.8. The summed E-state index contributed by atoms with van der Waals surface area (Å²) in [6.07, 6.45) is 1.55. The van der Waals surface area contributed by atoms with E-state index in [1.54, 1.807) is 36.6 Å². The van der Waals surface area contributed by atoms with Gasteiger partial charge >= 0.3 is 0 Å². The standard InChI is InChI=1S/C16H12N4O4S/c21-15(17-11-3-1-4-12(9-11)20(22)23)10-25-16-7-6-13(18-19-16)14-5-2-8-24-14/h1-9H,10H2,(H,17,21). The number of non-ortho nitro benzene ring substituents is 1.